The molecule has 0 aliphatic rings. The summed E-state index contributed by atoms with van der Waals surface area (Å²) in [4.78, 5) is 14.6. The molecule has 0 spiro atoms. The summed E-state index contributed by atoms with van der Waals surface area (Å²) >= 11 is 3.42. The van der Waals surface area contributed by atoms with Crippen LogP contribution in [0, 0.1) is 0 Å². The zero-order valence-corrected chi connectivity index (χ0v) is 13.0. The third-order valence-electron chi connectivity index (χ3n) is 3.17. The summed E-state index contributed by atoms with van der Waals surface area (Å²) in [5.74, 6) is 0.204. The standard InChI is InChI=1S/C15H22BrNO/c1-4-11-17(12-10-16)14(18)15(2,3)13-8-6-5-7-9-13/h5-9H,4,10-12H2,1-3H3. The number of hydrogen-bond acceptors (Lipinski definition) is 1. The van der Waals surface area contributed by atoms with Crippen LogP contribution >= 0.6 is 15.9 Å². The number of carbonyl (C=O) groups excluding carboxylic acids is 1. The van der Waals surface area contributed by atoms with E-state index < -0.39 is 5.41 Å². The Labute approximate surface area is 119 Å². The Morgan fingerprint density at radius 2 is 1.83 bits per heavy atom. The van der Waals surface area contributed by atoms with Gasteiger partial charge in [0, 0.05) is 18.4 Å². The summed E-state index contributed by atoms with van der Waals surface area (Å²) in [6.07, 6.45) is 0.990. The average molecular weight is 312 g/mol. The zero-order chi connectivity index (χ0) is 13.6. The lowest BCUT2D eigenvalue weighted by molar-refractivity contribution is -0.136. The maximum Gasteiger partial charge on any atom is 0.232 e. The molecule has 0 saturated heterocycles. The first-order valence-electron chi connectivity index (χ1n) is 6.45. The van der Waals surface area contributed by atoms with Gasteiger partial charge < -0.3 is 4.90 Å². The Bertz CT molecular complexity index is 369. The Morgan fingerprint density at radius 3 is 2.33 bits per heavy atom. The van der Waals surface area contributed by atoms with Crippen LogP contribution in [0.2, 0.25) is 0 Å². The number of rotatable bonds is 6. The lowest BCUT2D eigenvalue weighted by atomic mass is 9.83. The van der Waals surface area contributed by atoms with Crippen LogP contribution in [0.25, 0.3) is 0 Å². The third kappa shape index (κ3) is 3.58. The van der Waals surface area contributed by atoms with Gasteiger partial charge in [-0.05, 0) is 25.8 Å². The van der Waals surface area contributed by atoms with Gasteiger partial charge in [0.05, 0.1) is 5.41 Å². The van der Waals surface area contributed by atoms with E-state index in [0.29, 0.717) is 0 Å². The first kappa shape index (κ1) is 15.2. The van der Waals surface area contributed by atoms with Crippen LogP contribution in [-0.2, 0) is 10.2 Å². The normalized spacial score (nSPS) is 11.3. The highest BCUT2D eigenvalue weighted by atomic mass is 79.9. The van der Waals surface area contributed by atoms with E-state index in [0.717, 1.165) is 30.4 Å². The molecular weight excluding hydrogens is 290 g/mol. The van der Waals surface area contributed by atoms with Gasteiger partial charge in [0.25, 0.3) is 0 Å². The van der Waals surface area contributed by atoms with Gasteiger partial charge in [-0.1, -0.05) is 53.2 Å². The van der Waals surface area contributed by atoms with Gasteiger partial charge in [0.2, 0.25) is 5.91 Å². The predicted molar refractivity (Wildman–Crippen MR) is 80.1 cm³/mol. The molecule has 0 fully saturated rings. The Kier molecular flexibility index (Phi) is 5.86. The van der Waals surface area contributed by atoms with Gasteiger partial charge >= 0.3 is 0 Å². The van der Waals surface area contributed by atoms with Crippen LogP contribution in [-0.4, -0.2) is 29.2 Å². The fraction of sp³-hybridized carbons (Fsp3) is 0.533. The number of alkyl halides is 1. The van der Waals surface area contributed by atoms with Crippen molar-refractivity contribution < 1.29 is 4.79 Å². The molecule has 0 aliphatic carbocycles. The molecule has 0 atom stereocenters. The molecule has 0 unspecified atom stereocenters. The number of halogens is 1. The molecule has 0 heterocycles. The van der Waals surface area contributed by atoms with Crippen molar-refractivity contribution in [2.75, 3.05) is 18.4 Å². The SMILES string of the molecule is CCCN(CCBr)C(=O)C(C)(C)c1ccccc1. The van der Waals surface area contributed by atoms with Crippen LogP contribution in [0.1, 0.15) is 32.8 Å². The second kappa shape index (κ2) is 6.93. The minimum Gasteiger partial charge on any atom is -0.341 e. The minimum atomic E-state index is -0.460. The van der Waals surface area contributed by atoms with E-state index in [2.05, 4.69) is 22.9 Å². The van der Waals surface area contributed by atoms with Crippen molar-refractivity contribution in [2.45, 2.75) is 32.6 Å². The highest BCUT2D eigenvalue weighted by Crippen LogP contribution is 2.25. The van der Waals surface area contributed by atoms with Crippen molar-refractivity contribution in [3.8, 4) is 0 Å². The maximum atomic E-state index is 12.7. The van der Waals surface area contributed by atoms with Crippen molar-refractivity contribution in [3.05, 3.63) is 35.9 Å². The zero-order valence-electron chi connectivity index (χ0n) is 11.4. The van der Waals surface area contributed by atoms with Crippen LogP contribution in [0.15, 0.2) is 30.3 Å². The van der Waals surface area contributed by atoms with E-state index >= 15 is 0 Å². The lowest BCUT2D eigenvalue weighted by Crippen LogP contribution is -2.44. The average Bonchev–Trinajstić information content (AvgIpc) is 2.38. The van der Waals surface area contributed by atoms with Crippen molar-refractivity contribution in [2.24, 2.45) is 0 Å². The fourth-order valence-electron chi connectivity index (χ4n) is 2.06. The van der Waals surface area contributed by atoms with Gasteiger partial charge in [0.15, 0.2) is 0 Å². The number of nitrogens with zero attached hydrogens (tertiary/aromatic N) is 1. The summed E-state index contributed by atoms with van der Waals surface area (Å²) < 4.78 is 0. The molecule has 3 heteroatoms. The summed E-state index contributed by atoms with van der Waals surface area (Å²) in [6, 6.07) is 10.00. The van der Waals surface area contributed by atoms with Crippen LogP contribution in [0.5, 0.6) is 0 Å². The van der Waals surface area contributed by atoms with Crippen molar-refractivity contribution >= 4 is 21.8 Å². The Hall–Kier alpha value is -0.830. The Morgan fingerprint density at radius 1 is 1.22 bits per heavy atom. The molecule has 100 valence electrons. The molecule has 1 aromatic rings. The van der Waals surface area contributed by atoms with E-state index in [1.807, 2.05) is 49.1 Å². The number of carbonyl (C=O) groups is 1. The van der Waals surface area contributed by atoms with Crippen molar-refractivity contribution in [1.29, 1.82) is 0 Å². The third-order valence-corrected chi connectivity index (χ3v) is 3.52. The molecule has 1 rings (SSSR count). The topological polar surface area (TPSA) is 20.3 Å². The van der Waals surface area contributed by atoms with Crippen LogP contribution in [0.4, 0.5) is 0 Å². The molecule has 1 aromatic carbocycles. The smallest absolute Gasteiger partial charge is 0.232 e. The van der Waals surface area contributed by atoms with Crippen LogP contribution in [0.3, 0.4) is 0 Å². The molecule has 0 saturated carbocycles. The fourth-order valence-corrected chi connectivity index (χ4v) is 2.49. The van der Waals surface area contributed by atoms with Gasteiger partial charge in [0.1, 0.15) is 0 Å². The Balaban J connectivity index is 2.92. The van der Waals surface area contributed by atoms with Gasteiger partial charge in [-0.3, -0.25) is 4.79 Å². The summed E-state index contributed by atoms with van der Waals surface area (Å²) in [6.45, 7) is 7.69. The van der Waals surface area contributed by atoms with Crippen molar-refractivity contribution in [3.63, 3.8) is 0 Å². The van der Waals surface area contributed by atoms with E-state index in [-0.39, 0.29) is 5.91 Å². The van der Waals surface area contributed by atoms with Gasteiger partial charge in [-0.2, -0.15) is 0 Å². The monoisotopic (exact) mass is 311 g/mol. The van der Waals surface area contributed by atoms with E-state index in [4.69, 9.17) is 0 Å². The maximum absolute atomic E-state index is 12.7. The molecular formula is C15H22BrNO. The summed E-state index contributed by atoms with van der Waals surface area (Å²) in [7, 11) is 0. The largest absolute Gasteiger partial charge is 0.341 e. The first-order valence-corrected chi connectivity index (χ1v) is 7.57. The van der Waals surface area contributed by atoms with E-state index in [1.165, 1.54) is 0 Å². The first-order chi connectivity index (χ1) is 8.54. The summed E-state index contributed by atoms with van der Waals surface area (Å²) in [5, 5.41) is 0.823. The van der Waals surface area contributed by atoms with Gasteiger partial charge in [-0.15, -0.1) is 0 Å². The molecule has 0 radical (unpaired) electrons. The second-order valence-electron chi connectivity index (χ2n) is 4.97. The molecule has 1 amide bonds. The highest BCUT2D eigenvalue weighted by molar-refractivity contribution is 9.09. The quantitative estimate of drug-likeness (QED) is 0.735. The molecule has 18 heavy (non-hydrogen) atoms. The molecule has 0 aromatic heterocycles. The number of hydrogen-bond donors (Lipinski definition) is 0. The lowest BCUT2D eigenvalue weighted by Gasteiger charge is -2.32. The highest BCUT2D eigenvalue weighted by Gasteiger charge is 2.32. The van der Waals surface area contributed by atoms with Gasteiger partial charge in [-0.25, -0.2) is 0 Å². The van der Waals surface area contributed by atoms with E-state index in [9.17, 15) is 4.79 Å². The molecule has 0 N–H and O–H groups in total. The second-order valence-corrected chi connectivity index (χ2v) is 5.77. The molecule has 2 nitrogen and oxygen atoms in total. The molecule has 0 bridgehead atoms. The van der Waals surface area contributed by atoms with E-state index in [1.54, 1.807) is 0 Å². The van der Waals surface area contributed by atoms with Crippen molar-refractivity contribution in [1.82, 2.24) is 4.90 Å². The number of amides is 1. The molecule has 0 aliphatic heterocycles. The summed E-state index contributed by atoms with van der Waals surface area (Å²) in [5.41, 5.74) is 0.615. The van der Waals surface area contributed by atoms with Crippen LogP contribution < -0.4 is 0 Å². The number of benzene rings is 1. The minimum absolute atomic E-state index is 0.204. The predicted octanol–water partition coefficient (Wildman–Crippen LogP) is 3.60.